The third-order valence-electron chi connectivity index (χ3n) is 3.90. The highest BCUT2D eigenvalue weighted by atomic mass is 19.1. The molecule has 1 N–H and O–H groups in total. The molecular weight excluding hydrogens is 356 g/mol. The van der Waals surface area contributed by atoms with Gasteiger partial charge in [0.05, 0.1) is 17.7 Å². The van der Waals surface area contributed by atoms with Gasteiger partial charge in [-0.05, 0) is 30.7 Å². The molecule has 3 rings (SSSR count). The number of hydrogen-bond donors (Lipinski definition) is 1. The molecule has 2 aromatic heterocycles. The first kappa shape index (κ1) is 18.5. The number of carbonyl (C=O) groups excluding carboxylic acids is 2. The number of imidazole rings is 1. The van der Waals surface area contributed by atoms with Crippen LogP contribution in [0.3, 0.4) is 0 Å². The van der Waals surface area contributed by atoms with E-state index in [1.807, 2.05) is 29.7 Å². The summed E-state index contributed by atoms with van der Waals surface area (Å²) in [7, 11) is 0. The molecule has 0 saturated carbocycles. The van der Waals surface area contributed by atoms with Gasteiger partial charge in [-0.15, -0.1) is 0 Å². The second-order valence-electron chi connectivity index (χ2n) is 5.95. The summed E-state index contributed by atoms with van der Waals surface area (Å²) in [5, 5.41) is 2.40. The molecule has 0 spiro atoms. The first-order chi connectivity index (χ1) is 12.9. The van der Waals surface area contributed by atoms with E-state index in [1.165, 1.54) is 0 Å². The molecule has 0 unspecified atom stereocenters. The van der Waals surface area contributed by atoms with E-state index in [4.69, 9.17) is 4.74 Å². The Bertz CT molecular complexity index is 1000. The lowest BCUT2D eigenvalue weighted by Gasteiger charge is -2.06. The molecule has 3 aromatic rings. The molecule has 0 atom stereocenters. The van der Waals surface area contributed by atoms with Gasteiger partial charge in [-0.1, -0.05) is 6.07 Å². The lowest BCUT2D eigenvalue weighted by atomic mass is 10.2. The van der Waals surface area contributed by atoms with Gasteiger partial charge in [0.2, 0.25) is 0 Å². The van der Waals surface area contributed by atoms with Gasteiger partial charge in [-0.2, -0.15) is 0 Å². The minimum Gasteiger partial charge on any atom is -0.459 e. The lowest BCUT2D eigenvalue weighted by Crippen LogP contribution is -2.27. The highest BCUT2D eigenvalue weighted by Crippen LogP contribution is 2.11. The Labute approximate surface area is 153 Å². The van der Waals surface area contributed by atoms with Gasteiger partial charge in [0.1, 0.15) is 23.9 Å². The third-order valence-corrected chi connectivity index (χ3v) is 3.90. The molecule has 0 aliphatic rings. The van der Waals surface area contributed by atoms with Crippen LogP contribution in [-0.2, 0) is 16.1 Å². The van der Waals surface area contributed by atoms with Crippen LogP contribution in [0.15, 0.2) is 42.7 Å². The Morgan fingerprint density at radius 3 is 2.81 bits per heavy atom. The second kappa shape index (κ2) is 7.94. The Balaban J connectivity index is 1.46. The third kappa shape index (κ3) is 4.46. The molecule has 0 bridgehead atoms. The number of ether oxygens (including phenoxy) is 1. The molecule has 6 nitrogen and oxygen atoms in total. The molecule has 140 valence electrons. The van der Waals surface area contributed by atoms with Crippen LogP contribution >= 0.6 is 0 Å². The van der Waals surface area contributed by atoms with E-state index in [0.29, 0.717) is 11.8 Å². The number of nitrogens with zero attached hydrogens (tertiary/aromatic N) is 2. The number of hydrogen-bond acceptors (Lipinski definition) is 4. The number of rotatable bonds is 6. The fourth-order valence-electron chi connectivity index (χ4n) is 2.55. The van der Waals surface area contributed by atoms with E-state index in [2.05, 4.69) is 10.3 Å². The number of aromatic nitrogens is 2. The monoisotopic (exact) mass is 373 g/mol. The number of fused-ring (bicyclic) bond motifs is 1. The summed E-state index contributed by atoms with van der Waals surface area (Å²) in [5.41, 5.74) is 2.11. The van der Waals surface area contributed by atoms with E-state index in [-0.39, 0.29) is 25.1 Å². The number of amides is 1. The number of carbonyl (C=O) groups is 2. The standard InChI is InChI=1S/C19H17F2N3O3/c1-12-3-2-8-24-10-14(23-18(12)24)11-27-17(25)6-7-22-19(26)15-5-4-13(20)9-16(15)21/h2-5,8-10H,6-7,11H2,1H3,(H,22,26). The molecule has 2 heterocycles. The molecule has 1 aromatic carbocycles. The Morgan fingerprint density at radius 2 is 2.07 bits per heavy atom. The van der Waals surface area contributed by atoms with Gasteiger partial charge < -0.3 is 14.5 Å². The summed E-state index contributed by atoms with van der Waals surface area (Å²) >= 11 is 0. The molecule has 0 aliphatic carbocycles. The Kier molecular flexibility index (Phi) is 5.44. The maximum atomic E-state index is 13.5. The van der Waals surface area contributed by atoms with E-state index in [9.17, 15) is 18.4 Å². The molecule has 0 fully saturated rings. The van der Waals surface area contributed by atoms with E-state index >= 15 is 0 Å². The largest absolute Gasteiger partial charge is 0.459 e. The maximum Gasteiger partial charge on any atom is 0.307 e. The SMILES string of the molecule is Cc1cccn2cc(COC(=O)CCNC(=O)c3ccc(F)cc3F)nc12. The van der Waals surface area contributed by atoms with Crippen LogP contribution in [0.2, 0.25) is 0 Å². The number of esters is 1. The highest BCUT2D eigenvalue weighted by molar-refractivity contribution is 5.94. The van der Waals surface area contributed by atoms with Crippen LogP contribution < -0.4 is 5.32 Å². The molecule has 8 heteroatoms. The summed E-state index contributed by atoms with van der Waals surface area (Å²) in [6, 6.07) is 6.49. The number of pyridine rings is 1. The molecule has 0 saturated heterocycles. The predicted octanol–water partition coefficient (Wildman–Crippen LogP) is 2.78. The number of nitrogens with one attached hydrogen (secondary N) is 1. The fourth-order valence-corrected chi connectivity index (χ4v) is 2.55. The van der Waals surface area contributed by atoms with Crippen LogP contribution in [0.25, 0.3) is 5.65 Å². The van der Waals surface area contributed by atoms with Crippen molar-refractivity contribution in [3.05, 3.63) is 71.2 Å². The van der Waals surface area contributed by atoms with Crippen LogP contribution in [0, 0.1) is 18.6 Å². The van der Waals surface area contributed by atoms with Crippen molar-refractivity contribution in [1.82, 2.24) is 14.7 Å². The molecule has 0 radical (unpaired) electrons. The quantitative estimate of drug-likeness (QED) is 0.675. The van der Waals surface area contributed by atoms with E-state index in [0.717, 1.165) is 23.3 Å². The van der Waals surface area contributed by atoms with Gasteiger partial charge in [-0.25, -0.2) is 13.8 Å². The van der Waals surface area contributed by atoms with Gasteiger partial charge in [0.15, 0.2) is 0 Å². The highest BCUT2D eigenvalue weighted by Gasteiger charge is 2.13. The topological polar surface area (TPSA) is 72.7 Å². The Morgan fingerprint density at radius 1 is 1.26 bits per heavy atom. The predicted molar refractivity (Wildman–Crippen MR) is 93.0 cm³/mol. The van der Waals surface area contributed by atoms with Crippen molar-refractivity contribution >= 4 is 17.5 Å². The zero-order chi connectivity index (χ0) is 19.4. The zero-order valence-electron chi connectivity index (χ0n) is 14.5. The number of halogens is 2. The lowest BCUT2D eigenvalue weighted by molar-refractivity contribution is -0.144. The average Bonchev–Trinajstić information content (AvgIpc) is 3.04. The van der Waals surface area contributed by atoms with E-state index < -0.39 is 23.5 Å². The van der Waals surface area contributed by atoms with Crippen molar-refractivity contribution in [1.29, 1.82) is 0 Å². The van der Waals surface area contributed by atoms with Gasteiger partial charge in [-0.3, -0.25) is 9.59 Å². The second-order valence-corrected chi connectivity index (χ2v) is 5.95. The van der Waals surface area contributed by atoms with Crippen molar-refractivity contribution < 1.29 is 23.1 Å². The van der Waals surface area contributed by atoms with Crippen molar-refractivity contribution in [3.8, 4) is 0 Å². The van der Waals surface area contributed by atoms with Gasteiger partial charge in [0.25, 0.3) is 5.91 Å². The van der Waals surface area contributed by atoms with E-state index in [1.54, 1.807) is 6.20 Å². The van der Waals surface area contributed by atoms with Crippen LogP contribution in [-0.4, -0.2) is 27.8 Å². The summed E-state index contributed by atoms with van der Waals surface area (Å²) in [5.74, 6) is -2.98. The molecular formula is C19H17F2N3O3. The van der Waals surface area contributed by atoms with Crippen molar-refractivity contribution in [2.45, 2.75) is 20.0 Å². The van der Waals surface area contributed by atoms with Gasteiger partial charge >= 0.3 is 5.97 Å². The fraction of sp³-hybridized carbons (Fsp3) is 0.211. The summed E-state index contributed by atoms with van der Waals surface area (Å²) in [6.07, 6.45) is 3.54. The van der Waals surface area contributed by atoms with Crippen molar-refractivity contribution in [2.75, 3.05) is 6.54 Å². The summed E-state index contributed by atoms with van der Waals surface area (Å²) < 4.78 is 33.3. The van der Waals surface area contributed by atoms with Gasteiger partial charge in [0, 0.05) is 25.0 Å². The number of aryl methyl sites for hydroxylation is 1. The van der Waals surface area contributed by atoms with Crippen LogP contribution in [0.1, 0.15) is 28.0 Å². The Hall–Kier alpha value is -3.29. The normalized spacial score (nSPS) is 10.8. The minimum atomic E-state index is -0.961. The van der Waals surface area contributed by atoms with Crippen LogP contribution in [0.5, 0.6) is 0 Å². The van der Waals surface area contributed by atoms with Crippen molar-refractivity contribution in [2.24, 2.45) is 0 Å². The number of benzene rings is 1. The molecule has 0 aliphatic heterocycles. The minimum absolute atomic E-state index is 0.0144. The summed E-state index contributed by atoms with van der Waals surface area (Å²) in [4.78, 5) is 28.0. The molecule has 1 amide bonds. The first-order valence-electron chi connectivity index (χ1n) is 8.26. The summed E-state index contributed by atoms with van der Waals surface area (Å²) in [6.45, 7) is 1.92. The van der Waals surface area contributed by atoms with Crippen molar-refractivity contribution in [3.63, 3.8) is 0 Å². The first-order valence-corrected chi connectivity index (χ1v) is 8.26. The smallest absolute Gasteiger partial charge is 0.307 e. The molecule has 27 heavy (non-hydrogen) atoms. The maximum absolute atomic E-state index is 13.5. The average molecular weight is 373 g/mol. The zero-order valence-corrected chi connectivity index (χ0v) is 14.5. The van der Waals surface area contributed by atoms with Crippen LogP contribution in [0.4, 0.5) is 8.78 Å².